The first kappa shape index (κ1) is 11.2. The number of rotatable bonds is 1. The first-order valence-electron chi connectivity index (χ1n) is 5.11. The molecule has 1 unspecified atom stereocenters. The van der Waals surface area contributed by atoms with E-state index in [-0.39, 0.29) is 0 Å². The van der Waals surface area contributed by atoms with Crippen LogP contribution in [-0.4, -0.2) is 25.7 Å². The van der Waals surface area contributed by atoms with Crippen molar-refractivity contribution in [3.8, 4) is 0 Å². The van der Waals surface area contributed by atoms with Crippen LogP contribution in [-0.2, 0) is 0 Å². The zero-order valence-electron chi connectivity index (χ0n) is 8.63. The summed E-state index contributed by atoms with van der Waals surface area (Å²) in [6.07, 6.45) is 0. The summed E-state index contributed by atoms with van der Waals surface area (Å²) in [6, 6.07) is 6.64. The van der Waals surface area contributed by atoms with E-state index in [0.717, 1.165) is 29.1 Å². The smallest absolute Gasteiger partial charge is 0.0549 e. The third-order valence-electron chi connectivity index (χ3n) is 2.74. The van der Waals surface area contributed by atoms with Gasteiger partial charge in [-0.3, -0.25) is 0 Å². The van der Waals surface area contributed by atoms with Gasteiger partial charge in [-0.05, 0) is 41.1 Å². The lowest BCUT2D eigenvalue weighted by atomic mass is 10.2. The highest BCUT2D eigenvalue weighted by atomic mass is 79.9. The van der Waals surface area contributed by atoms with E-state index < -0.39 is 0 Å². The Morgan fingerprint density at radius 2 is 2.33 bits per heavy atom. The van der Waals surface area contributed by atoms with E-state index in [4.69, 9.17) is 11.6 Å². The molecule has 1 aliphatic heterocycles. The van der Waals surface area contributed by atoms with E-state index in [1.54, 1.807) is 0 Å². The predicted molar refractivity (Wildman–Crippen MR) is 68.8 cm³/mol. The number of anilines is 1. The second kappa shape index (κ2) is 4.73. The molecule has 1 fully saturated rings. The van der Waals surface area contributed by atoms with Gasteiger partial charge in [0.05, 0.1) is 5.02 Å². The summed E-state index contributed by atoms with van der Waals surface area (Å²) in [4.78, 5) is 2.40. The van der Waals surface area contributed by atoms with Crippen LogP contribution in [0.1, 0.15) is 6.92 Å². The first-order chi connectivity index (χ1) is 7.18. The lowest BCUT2D eigenvalue weighted by Gasteiger charge is -2.36. The SMILES string of the molecule is CC1CNCCN1c1ccc(Cl)c(Br)c1. The molecule has 1 aromatic carbocycles. The number of hydrogen-bond acceptors (Lipinski definition) is 2. The van der Waals surface area contributed by atoms with E-state index in [0.29, 0.717) is 6.04 Å². The zero-order chi connectivity index (χ0) is 10.8. The fourth-order valence-corrected chi connectivity index (χ4v) is 2.37. The molecular formula is C11H14BrClN2. The average Bonchev–Trinajstić information content (AvgIpc) is 2.23. The Hall–Kier alpha value is -0.250. The van der Waals surface area contributed by atoms with Crippen molar-refractivity contribution in [3.05, 3.63) is 27.7 Å². The molecule has 0 bridgehead atoms. The standard InChI is InChI=1S/C11H14BrClN2/c1-8-7-14-4-5-15(8)9-2-3-11(13)10(12)6-9/h2-3,6,8,14H,4-5,7H2,1H3. The minimum absolute atomic E-state index is 0.534. The van der Waals surface area contributed by atoms with Crippen LogP contribution in [0.2, 0.25) is 5.02 Å². The molecule has 2 rings (SSSR count). The molecule has 1 atom stereocenters. The molecule has 0 radical (unpaired) electrons. The van der Waals surface area contributed by atoms with Gasteiger partial charge in [0.2, 0.25) is 0 Å². The molecule has 1 aromatic rings. The molecule has 0 saturated carbocycles. The van der Waals surface area contributed by atoms with Crippen LogP contribution >= 0.6 is 27.5 Å². The monoisotopic (exact) mass is 288 g/mol. The van der Waals surface area contributed by atoms with Crippen molar-refractivity contribution in [3.63, 3.8) is 0 Å². The summed E-state index contributed by atoms with van der Waals surface area (Å²) in [7, 11) is 0. The van der Waals surface area contributed by atoms with Crippen molar-refractivity contribution in [1.29, 1.82) is 0 Å². The first-order valence-corrected chi connectivity index (χ1v) is 6.28. The second-order valence-corrected chi connectivity index (χ2v) is 5.11. The van der Waals surface area contributed by atoms with Crippen molar-refractivity contribution in [2.45, 2.75) is 13.0 Å². The number of hydrogen-bond donors (Lipinski definition) is 1. The summed E-state index contributed by atoms with van der Waals surface area (Å²) >= 11 is 9.44. The third-order valence-corrected chi connectivity index (χ3v) is 3.95. The van der Waals surface area contributed by atoms with Crippen molar-refractivity contribution in [2.24, 2.45) is 0 Å². The highest BCUT2D eigenvalue weighted by molar-refractivity contribution is 9.10. The van der Waals surface area contributed by atoms with Gasteiger partial charge in [0, 0.05) is 35.8 Å². The topological polar surface area (TPSA) is 15.3 Å². The van der Waals surface area contributed by atoms with Gasteiger partial charge in [-0.25, -0.2) is 0 Å². The molecule has 0 spiro atoms. The maximum absolute atomic E-state index is 5.98. The van der Waals surface area contributed by atoms with Gasteiger partial charge in [0.1, 0.15) is 0 Å². The molecule has 1 aliphatic rings. The molecular weight excluding hydrogens is 275 g/mol. The highest BCUT2D eigenvalue weighted by Crippen LogP contribution is 2.28. The predicted octanol–water partition coefficient (Wildman–Crippen LogP) is 2.90. The van der Waals surface area contributed by atoms with E-state index in [9.17, 15) is 0 Å². The summed E-state index contributed by atoms with van der Waals surface area (Å²) in [6.45, 7) is 5.37. The van der Waals surface area contributed by atoms with Gasteiger partial charge in [-0.15, -0.1) is 0 Å². The Morgan fingerprint density at radius 1 is 1.53 bits per heavy atom. The number of nitrogens with one attached hydrogen (secondary N) is 1. The van der Waals surface area contributed by atoms with Gasteiger partial charge in [0.25, 0.3) is 0 Å². The lowest BCUT2D eigenvalue weighted by Crippen LogP contribution is -2.49. The fraction of sp³-hybridized carbons (Fsp3) is 0.455. The minimum atomic E-state index is 0.534. The maximum Gasteiger partial charge on any atom is 0.0549 e. The zero-order valence-corrected chi connectivity index (χ0v) is 11.0. The lowest BCUT2D eigenvalue weighted by molar-refractivity contribution is 0.501. The molecule has 1 heterocycles. The third kappa shape index (κ3) is 2.47. The van der Waals surface area contributed by atoms with Crippen molar-refractivity contribution in [1.82, 2.24) is 5.32 Å². The highest BCUT2D eigenvalue weighted by Gasteiger charge is 2.18. The Morgan fingerprint density at radius 3 is 3.00 bits per heavy atom. The molecule has 4 heteroatoms. The Labute approximate surface area is 104 Å². The van der Waals surface area contributed by atoms with E-state index in [1.807, 2.05) is 6.07 Å². The Kier molecular flexibility index (Phi) is 3.54. The van der Waals surface area contributed by atoms with Crippen molar-refractivity contribution < 1.29 is 0 Å². The van der Waals surface area contributed by atoms with Gasteiger partial charge in [0.15, 0.2) is 0 Å². The van der Waals surface area contributed by atoms with Gasteiger partial charge >= 0.3 is 0 Å². The van der Waals surface area contributed by atoms with E-state index >= 15 is 0 Å². The van der Waals surface area contributed by atoms with Crippen LogP contribution < -0.4 is 10.2 Å². The molecule has 1 N–H and O–H groups in total. The maximum atomic E-state index is 5.98. The number of nitrogens with zero attached hydrogens (tertiary/aromatic N) is 1. The molecule has 1 saturated heterocycles. The van der Waals surface area contributed by atoms with Crippen LogP contribution in [0.5, 0.6) is 0 Å². The van der Waals surface area contributed by atoms with Gasteiger partial charge in [-0.2, -0.15) is 0 Å². The van der Waals surface area contributed by atoms with Crippen LogP contribution in [0.15, 0.2) is 22.7 Å². The molecule has 2 nitrogen and oxygen atoms in total. The minimum Gasteiger partial charge on any atom is -0.366 e. The van der Waals surface area contributed by atoms with Crippen molar-refractivity contribution in [2.75, 3.05) is 24.5 Å². The quantitative estimate of drug-likeness (QED) is 0.855. The van der Waals surface area contributed by atoms with E-state index in [1.165, 1.54) is 5.69 Å². The molecule has 0 aromatic heterocycles. The van der Waals surface area contributed by atoms with Crippen LogP contribution in [0.4, 0.5) is 5.69 Å². The van der Waals surface area contributed by atoms with Gasteiger partial charge in [-0.1, -0.05) is 11.6 Å². The summed E-state index contributed by atoms with van der Waals surface area (Å²) in [5.74, 6) is 0. The summed E-state index contributed by atoms with van der Waals surface area (Å²) < 4.78 is 0.965. The molecule has 0 amide bonds. The number of halogens is 2. The Balaban J connectivity index is 2.24. The molecule has 82 valence electrons. The number of benzene rings is 1. The second-order valence-electron chi connectivity index (χ2n) is 3.84. The average molecular weight is 290 g/mol. The number of piperazine rings is 1. The summed E-state index contributed by atoms with van der Waals surface area (Å²) in [5.41, 5.74) is 1.24. The van der Waals surface area contributed by atoms with E-state index in [2.05, 4.69) is 45.2 Å². The largest absolute Gasteiger partial charge is 0.366 e. The van der Waals surface area contributed by atoms with Crippen LogP contribution in [0.3, 0.4) is 0 Å². The summed E-state index contributed by atoms with van der Waals surface area (Å²) in [5, 5.41) is 4.15. The fourth-order valence-electron chi connectivity index (χ4n) is 1.89. The normalized spacial score (nSPS) is 21.8. The van der Waals surface area contributed by atoms with Crippen LogP contribution in [0, 0.1) is 0 Å². The molecule has 15 heavy (non-hydrogen) atoms. The van der Waals surface area contributed by atoms with Crippen LogP contribution in [0.25, 0.3) is 0 Å². The van der Waals surface area contributed by atoms with Gasteiger partial charge < -0.3 is 10.2 Å². The van der Waals surface area contributed by atoms with Crippen molar-refractivity contribution >= 4 is 33.2 Å². The Bertz CT molecular complexity index is 356. The molecule has 0 aliphatic carbocycles.